The van der Waals surface area contributed by atoms with E-state index in [-0.39, 0.29) is 0 Å². The molecule has 0 bridgehead atoms. The molecule has 0 spiro atoms. The Morgan fingerprint density at radius 3 is 2.94 bits per heavy atom. The van der Waals surface area contributed by atoms with Gasteiger partial charge in [0.25, 0.3) is 0 Å². The van der Waals surface area contributed by atoms with E-state index < -0.39 is 0 Å². The molecular weight excluding hydrogens is 260 g/mol. The number of aryl methyl sites for hydroxylation is 1. The molecule has 18 heavy (non-hydrogen) atoms. The molecule has 0 unspecified atom stereocenters. The molecule has 0 aliphatic carbocycles. The van der Waals surface area contributed by atoms with Crippen molar-refractivity contribution in [3.05, 3.63) is 42.2 Å². The smallest absolute Gasteiger partial charge is 0.125 e. The zero-order chi connectivity index (χ0) is 12.5. The molecular formula is C14H12N2S2. The highest BCUT2D eigenvalue weighted by molar-refractivity contribution is 7.98. The van der Waals surface area contributed by atoms with E-state index in [0.29, 0.717) is 0 Å². The lowest BCUT2D eigenvalue weighted by atomic mass is 10.2. The van der Waals surface area contributed by atoms with Crippen molar-refractivity contribution in [3.63, 3.8) is 0 Å². The first-order chi connectivity index (χ1) is 8.78. The van der Waals surface area contributed by atoms with Gasteiger partial charge in [-0.25, -0.2) is 4.98 Å². The molecule has 0 aliphatic heterocycles. The SMILES string of the molecule is CSc1cnccc1-c1nc2cc(C)ccc2s1. The highest BCUT2D eigenvalue weighted by Crippen LogP contribution is 2.35. The molecule has 0 amide bonds. The van der Waals surface area contributed by atoms with Crippen LogP contribution in [-0.4, -0.2) is 16.2 Å². The van der Waals surface area contributed by atoms with Gasteiger partial charge in [0.1, 0.15) is 5.01 Å². The summed E-state index contributed by atoms with van der Waals surface area (Å²) in [5, 5.41) is 1.07. The van der Waals surface area contributed by atoms with Gasteiger partial charge in [0.15, 0.2) is 0 Å². The first-order valence-corrected chi connectivity index (χ1v) is 7.67. The summed E-state index contributed by atoms with van der Waals surface area (Å²) in [6.45, 7) is 2.10. The Labute approximate surface area is 114 Å². The maximum absolute atomic E-state index is 4.73. The number of thioether (sulfide) groups is 1. The van der Waals surface area contributed by atoms with Crippen molar-refractivity contribution in [1.82, 2.24) is 9.97 Å². The fourth-order valence-corrected chi connectivity index (χ4v) is 3.47. The van der Waals surface area contributed by atoms with Gasteiger partial charge >= 0.3 is 0 Å². The Bertz CT molecular complexity index is 704. The van der Waals surface area contributed by atoms with Crippen LogP contribution in [0.3, 0.4) is 0 Å². The second-order valence-corrected chi connectivity index (χ2v) is 5.94. The number of pyridine rings is 1. The predicted molar refractivity (Wildman–Crippen MR) is 79.4 cm³/mol. The van der Waals surface area contributed by atoms with E-state index in [9.17, 15) is 0 Å². The van der Waals surface area contributed by atoms with Gasteiger partial charge in [0, 0.05) is 22.9 Å². The molecule has 3 rings (SSSR count). The number of benzene rings is 1. The molecule has 90 valence electrons. The first kappa shape index (κ1) is 11.7. The van der Waals surface area contributed by atoms with Gasteiger partial charge in [-0.1, -0.05) is 6.07 Å². The second kappa shape index (κ2) is 4.71. The van der Waals surface area contributed by atoms with Crippen LogP contribution < -0.4 is 0 Å². The summed E-state index contributed by atoms with van der Waals surface area (Å²) >= 11 is 3.44. The number of hydrogen-bond acceptors (Lipinski definition) is 4. The third-order valence-corrected chi connectivity index (χ3v) is 4.61. The molecule has 4 heteroatoms. The van der Waals surface area contributed by atoms with Gasteiger partial charge < -0.3 is 0 Å². The molecule has 0 aliphatic rings. The summed E-state index contributed by atoms with van der Waals surface area (Å²) in [6.07, 6.45) is 5.79. The Kier molecular flexibility index (Phi) is 3.06. The van der Waals surface area contributed by atoms with E-state index >= 15 is 0 Å². The summed E-state index contributed by atoms with van der Waals surface area (Å²) in [6, 6.07) is 8.45. The van der Waals surface area contributed by atoms with Crippen LogP contribution in [0.4, 0.5) is 0 Å². The largest absolute Gasteiger partial charge is 0.264 e. The van der Waals surface area contributed by atoms with Crippen molar-refractivity contribution in [1.29, 1.82) is 0 Å². The van der Waals surface area contributed by atoms with Gasteiger partial charge in [-0.2, -0.15) is 0 Å². The quantitative estimate of drug-likeness (QED) is 0.647. The van der Waals surface area contributed by atoms with Crippen LogP contribution in [0.25, 0.3) is 20.8 Å². The van der Waals surface area contributed by atoms with E-state index in [4.69, 9.17) is 4.98 Å². The van der Waals surface area contributed by atoms with Crippen molar-refractivity contribution in [3.8, 4) is 10.6 Å². The third kappa shape index (κ3) is 2.02. The van der Waals surface area contributed by atoms with E-state index in [2.05, 4.69) is 36.4 Å². The molecule has 0 saturated carbocycles. The normalized spacial score (nSPS) is 11.0. The Hall–Kier alpha value is -1.39. The van der Waals surface area contributed by atoms with Crippen LogP contribution in [0.1, 0.15) is 5.56 Å². The lowest BCUT2D eigenvalue weighted by Crippen LogP contribution is -1.82. The van der Waals surface area contributed by atoms with Crippen LogP contribution >= 0.6 is 23.1 Å². The van der Waals surface area contributed by atoms with Gasteiger partial charge in [-0.15, -0.1) is 23.1 Å². The molecule has 0 saturated heterocycles. The maximum Gasteiger partial charge on any atom is 0.125 e. The van der Waals surface area contributed by atoms with Crippen LogP contribution in [0.5, 0.6) is 0 Å². The fraction of sp³-hybridized carbons (Fsp3) is 0.143. The first-order valence-electron chi connectivity index (χ1n) is 5.63. The van der Waals surface area contributed by atoms with Gasteiger partial charge in [0.05, 0.1) is 10.2 Å². The number of thiazole rings is 1. The molecule has 3 aromatic rings. The monoisotopic (exact) mass is 272 g/mol. The fourth-order valence-electron chi connectivity index (χ4n) is 1.87. The van der Waals surface area contributed by atoms with E-state index in [1.807, 2.05) is 18.5 Å². The minimum atomic E-state index is 1.07. The lowest BCUT2D eigenvalue weighted by molar-refractivity contribution is 1.24. The third-order valence-electron chi connectivity index (χ3n) is 2.78. The molecule has 2 nitrogen and oxygen atoms in total. The number of aromatic nitrogens is 2. The molecule has 0 atom stereocenters. The predicted octanol–water partition coefficient (Wildman–Crippen LogP) is 4.39. The highest BCUT2D eigenvalue weighted by Gasteiger charge is 2.10. The molecule has 0 N–H and O–H groups in total. The lowest BCUT2D eigenvalue weighted by Gasteiger charge is -2.01. The number of hydrogen-bond donors (Lipinski definition) is 0. The summed E-state index contributed by atoms with van der Waals surface area (Å²) in [5.41, 5.74) is 3.51. The second-order valence-electron chi connectivity index (χ2n) is 4.07. The van der Waals surface area contributed by atoms with E-state index in [1.165, 1.54) is 20.7 Å². The minimum absolute atomic E-state index is 1.07. The van der Waals surface area contributed by atoms with Gasteiger partial charge in [0.2, 0.25) is 0 Å². The summed E-state index contributed by atoms with van der Waals surface area (Å²) in [4.78, 5) is 10.1. The van der Waals surface area contributed by atoms with Gasteiger partial charge in [-0.05, 0) is 36.9 Å². The maximum atomic E-state index is 4.73. The molecule has 1 aromatic carbocycles. The van der Waals surface area contributed by atoms with E-state index in [0.717, 1.165) is 10.5 Å². The van der Waals surface area contributed by atoms with Crippen molar-refractivity contribution < 1.29 is 0 Å². The molecule has 0 fully saturated rings. The van der Waals surface area contributed by atoms with Crippen molar-refractivity contribution in [2.45, 2.75) is 11.8 Å². The zero-order valence-electron chi connectivity index (χ0n) is 10.2. The van der Waals surface area contributed by atoms with Crippen LogP contribution in [0, 0.1) is 6.92 Å². The Morgan fingerprint density at radius 2 is 2.11 bits per heavy atom. The van der Waals surface area contributed by atoms with Crippen molar-refractivity contribution >= 4 is 33.3 Å². The van der Waals surface area contributed by atoms with Crippen molar-refractivity contribution in [2.24, 2.45) is 0 Å². The van der Waals surface area contributed by atoms with Crippen LogP contribution in [0.15, 0.2) is 41.6 Å². The number of rotatable bonds is 2. The van der Waals surface area contributed by atoms with Crippen LogP contribution in [0.2, 0.25) is 0 Å². The average molecular weight is 272 g/mol. The van der Waals surface area contributed by atoms with Gasteiger partial charge in [-0.3, -0.25) is 4.98 Å². The Morgan fingerprint density at radius 1 is 1.22 bits per heavy atom. The average Bonchev–Trinajstić information content (AvgIpc) is 2.81. The summed E-state index contributed by atoms with van der Waals surface area (Å²) in [7, 11) is 0. The number of nitrogens with zero attached hydrogens (tertiary/aromatic N) is 2. The van der Waals surface area contributed by atoms with Crippen molar-refractivity contribution in [2.75, 3.05) is 6.26 Å². The highest BCUT2D eigenvalue weighted by atomic mass is 32.2. The minimum Gasteiger partial charge on any atom is -0.264 e. The molecule has 2 heterocycles. The summed E-state index contributed by atoms with van der Waals surface area (Å²) < 4.78 is 1.24. The Balaban J connectivity index is 2.19. The molecule has 0 radical (unpaired) electrons. The van der Waals surface area contributed by atoms with Crippen LogP contribution in [-0.2, 0) is 0 Å². The standard InChI is InChI=1S/C14H12N2S2/c1-9-3-4-12-11(7-9)16-14(18-12)10-5-6-15-8-13(10)17-2/h3-8H,1-2H3. The number of fused-ring (bicyclic) bond motifs is 1. The zero-order valence-corrected chi connectivity index (χ0v) is 11.8. The topological polar surface area (TPSA) is 25.8 Å². The summed E-state index contributed by atoms with van der Waals surface area (Å²) in [5.74, 6) is 0. The molecule has 2 aromatic heterocycles. The van der Waals surface area contributed by atoms with E-state index in [1.54, 1.807) is 23.1 Å².